The van der Waals surface area contributed by atoms with Crippen molar-refractivity contribution < 1.29 is 8.42 Å². The summed E-state index contributed by atoms with van der Waals surface area (Å²) >= 11 is 6.08. The van der Waals surface area contributed by atoms with Crippen LogP contribution >= 0.6 is 11.6 Å². The Morgan fingerprint density at radius 2 is 2.05 bits per heavy atom. The van der Waals surface area contributed by atoms with E-state index in [2.05, 4.69) is 10.0 Å². The van der Waals surface area contributed by atoms with Gasteiger partial charge in [-0.25, -0.2) is 13.1 Å². The Kier molecular flexibility index (Phi) is 5.66. The number of halogens is 1. The van der Waals surface area contributed by atoms with Crippen molar-refractivity contribution in [1.82, 2.24) is 10.0 Å². The van der Waals surface area contributed by atoms with Crippen LogP contribution in [-0.4, -0.2) is 21.5 Å². The number of benzene rings is 1. The van der Waals surface area contributed by atoms with E-state index in [0.29, 0.717) is 28.9 Å². The molecule has 0 spiro atoms. The molecule has 0 radical (unpaired) electrons. The highest BCUT2D eigenvalue weighted by Gasteiger charge is 2.23. The minimum Gasteiger partial charge on any atom is -0.313 e. The van der Waals surface area contributed by atoms with Crippen LogP contribution in [0.15, 0.2) is 17.0 Å². The molecule has 0 heterocycles. The number of sulfonamides is 1. The monoisotopic (exact) mass is 330 g/mol. The molecule has 1 aromatic rings. The van der Waals surface area contributed by atoms with Crippen molar-refractivity contribution in [3.63, 3.8) is 0 Å². The van der Waals surface area contributed by atoms with Crippen molar-refractivity contribution in [1.29, 1.82) is 0 Å². The second-order valence-corrected chi connectivity index (χ2v) is 7.77. The Hall–Kier alpha value is -0.620. The summed E-state index contributed by atoms with van der Waals surface area (Å²) < 4.78 is 27.6. The van der Waals surface area contributed by atoms with Gasteiger partial charge in [-0.2, -0.15) is 0 Å². The molecule has 1 fully saturated rings. The lowest BCUT2D eigenvalue weighted by Crippen LogP contribution is -2.26. The second-order valence-electron chi connectivity index (χ2n) is 5.60. The molecule has 0 saturated heterocycles. The predicted molar refractivity (Wildman–Crippen MR) is 86.1 cm³/mol. The van der Waals surface area contributed by atoms with Crippen LogP contribution in [0.1, 0.15) is 37.3 Å². The zero-order valence-corrected chi connectivity index (χ0v) is 14.1. The number of hydrogen-bond acceptors (Lipinski definition) is 3. The van der Waals surface area contributed by atoms with Gasteiger partial charge >= 0.3 is 0 Å². The highest BCUT2D eigenvalue weighted by Crippen LogP contribution is 2.32. The van der Waals surface area contributed by atoms with Crippen LogP contribution in [0.2, 0.25) is 5.02 Å². The summed E-state index contributed by atoms with van der Waals surface area (Å²) in [4.78, 5) is 0.290. The second kappa shape index (κ2) is 7.09. The zero-order valence-electron chi connectivity index (χ0n) is 12.6. The van der Waals surface area contributed by atoms with Crippen molar-refractivity contribution in [2.24, 2.45) is 5.92 Å². The first-order chi connectivity index (χ1) is 9.94. The molecule has 1 aromatic carbocycles. The van der Waals surface area contributed by atoms with E-state index in [9.17, 15) is 8.42 Å². The molecule has 0 atom stereocenters. The molecule has 2 N–H and O–H groups in total. The van der Waals surface area contributed by atoms with Gasteiger partial charge < -0.3 is 5.32 Å². The summed E-state index contributed by atoms with van der Waals surface area (Å²) in [6, 6.07) is 3.36. The Morgan fingerprint density at radius 1 is 1.33 bits per heavy atom. The molecule has 0 amide bonds. The minimum absolute atomic E-state index is 0.290. The number of rotatable bonds is 8. The Labute approximate surface area is 132 Å². The van der Waals surface area contributed by atoms with Crippen molar-refractivity contribution in [3.8, 4) is 0 Å². The smallest absolute Gasteiger partial charge is 0.240 e. The van der Waals surface area contributed by atoms with Crippen LogP contribution in [0.3, 0.4) is 0 Å². The zero-order chi connectivity index (χ0) is 15.5. The fourth-order valence-corrected chi connectivity index (χ4v) is 3.98. The largest absolute Gasteiger partial charge is 0.313 e. The molecule has 0 aliphatic heterocycles. The summed E-state index contributed by atoms with van der Waals surface area (Å²) in [7, 11) is -3.49. The van der Waals surface area contributed by atoms with Gasteiger partial charge in [0.05, 0.1) is 4.90 Å². The van der Waals surface area contributed by atoms with Gasteiger partial charge in [0.2, 0.25) is 10.0 Å². The topological polar surface area (TPSA) is 58.2 Å². The standard InChI is InChI=1S/C15H23ClN2O2S/c1-3-17-10-13-8-14(16)9-15(11(13)2)21(19,20)18-7-6-12-4-5-12/h8-9,12,17-18H,3-7,10H2,1-2H3. The average Bonchev–Trinajstić information content (AvgIpc) is 3.23. The third-order valence-electron chi connectivity index (χ3n) is 3.83. The third-order valence-corrected chi connectivity index (χ3v) is 5.63. The molecule has 1 aliphatic carbocycles. The highest BCUT2D eigenvalue weighted by molar-refractivity contribution is 7.89. The molecule has 118 valence electrons. The molecule has 1 saturated carbocycles. The molecule has 2 rings (SSSR count). The average molecular weight is 331 g/mol. The molecule has 1 aliphatic rings. The van der Waals surface area contributed by atoms with Crippen molar-refractivity contribution >= 4 is 21.6 Å². The molecule has 21 heavy (non-hydrogen) atoms. The van der Waals surface area contributed by atoms with Crippen molar-refractivity contribution in [2.45, 2.75) is 44.6 Å². The van der Waals surface area contributed by atoms with Crippen molar-refractivity contribution in [2.75, 3.05) is 13.1 Å². The van der Waals surface area contributed by atoms with Crippen LogP contribution in [-0.2, 0) is 16.6 Å². The number of hydrogen-bond donors (Lipinski definition) is 2. The highest BCUT2D eigenvalue weighted by atomic mass is 35.5. The molecule has 0 aromatic heterocycles. The van der Waals surface area contributed by atoms with E-state index < -0.39 is 10.0 Å². The van der Waals surface area contributed by atoms with E-state index in [1.807, 2.05) is 19.9 Å². The maximum Gasteiger partial charge on any atom is 0.240 e. The van der Waals surface area contributed by atoms with E-state index in [0.717, 1.165) is 24.1 Å². The van der Waals surface area contributed by atoms with Gasteiger partial charge in [-0.1, -0.05) is 31.4 Å². The first-order valence-corrected chi connectivity index (χ1v) is 9.29. The van der Waals surface area contributed by atoms with E-state index in [4.69, 9.17) is 11.6 Å². The first kappa shape index (κ1) is 16.7. The summed E-state index contributed by atoms with van der Waals surface area (Å²) in [5.74, 6) is 0.706. The lowest BCUT2D eigenvalue weighted by Gasteiger charge is -2.14. The normalized spacial score (nSPS) is 15.4. The fraction of sp³-hybridized carbons (Fsp3) is 0.600. The number of nitrogens with one attached hydrogen (secondary N) is 2. The minimum atomic E-state index is -3.49. The Balaban J connectivity index is 2.17. The molecule has 4 nitrogen and oxygen atoms in total. The van der Waals surface area contributed by atoms with Gasteiger partial charge in [0.15, 0.2) is 0 Å². The van der Waals surface area contributed by atoms with Gasteiger partial charge in [-0.05, 0) is 49.1 Å². The first-order valence-electron chi connectivity index (χ1n) is 7.43. The van der Waals surface area contributed by atoms with Crippen LogP contribution < -0.4 is 10.0 Å². The van der Waals surface area contributed by atoms with E-state index >= 15 is 0 Å². The van der Waals surface area contributed by atoms with E-state index in [1.165, 1.54) is 18.9 Å². The maximum atomic E-state index is 12.4. The molecule has 6 heteroatoms. The Morgan fingerprint density at radius 3 is 2.67 bits per heavy atom. The summed E-state index contributed by atoms with van der Waals surface area (Å²) in [5, 5.41) is 3.66. The third kappa shape index (κ3) is 4.68. The SMILES string of the molecule is CCNCc1cc(Cl)cc(S(=O)(=O)NCCC2CC2)c1C. The predicted octanol–water partition coefficient (Wildman–Crippen LogP) is 2.84. The van der Waals surface area contributed by atoms with Crippen LogP contribution in [0.4, 0.5) is 0 Å². The van der Waals surface area contributed by atoms with E-state index in [1.54, 1.807) is 0 Å². The Bertz CT molecular complexity index is 598. The van der Waals surface area contributed by atoms with Gasteiger partial charge in [0.1, 0.15) is 0 Å². The van der Waals surface area contributed by atoms with Crippen LogP contribution in [0.25, 0.3) is 0 Å². The quantitative estimate of drug-likeness (QED) is 0.770. The van der Waals surface area contributed by atoms with Crippen LogP contribution in [0.5, 0.6) is 0 Å². The summed E-state index contributed by atoms with van der Waals surface area (Å²) in [6.45, 7) is 5.79. The molecular weight excluding hydrogens is 308 g/mol. The summed E-state index contributed by atoms with van der Waals surface area (Å²) in [5.41, 5.74) is 1.69. The fourth-order valence-electron chi connectivity index (χ4n) is 2.31. The van der Waals surface area contributed by atoms with Gasteiger partial charge in [0.25, 0.3) is 0 Å². The van der Waals surface area contributed by atoms with Crippen molar-refractivity contribution in [3.05, 3.63) is 28.3 Å². The molecular formula is C15H23ClN2O2S. The van der Waals surface area contributed by atoms with Gasteiger partial charge in [-0.3, -0.25) is 0 Å². The van der Waals surface area contributed by atoms with Gasteiger partial charge in [-0.15, -0.1) is 0 Å². The lowest BCUT2D eigenvalue weighted by atomic mass is 10.1. The summed E-state index contributed by atoms with van der Waals surface area (Å²) in [6.07, 6.45) is 3.37. The molecule has 0 bridgehead atoms. The maximum absolute atomic E-state index is 12.4. The molecule has 0 unspecified atom stereocenters. The van der Waals surface area contributed by atoms with Crippen LogP contribution in [0, 0.1) is 12.8 Å². The van der Waals surface area contributed by atoms with Gasteiger partial charge in [0, 0.05) is 18.1 Å². The van der Waals surface area contributed by atoms with E-state index in [-0.39, 0.29) is 0 Å². The lowest BCUT2D eigenvalue weighted by molar-refractivity contribution is 0.574.